The fourth-order valence-corrected chi connectivity index (χ4v) is 2.59. The van der Waals surface area contributed by atoms with E-state index in [2.05, 4.69) is 15.3 Å². The lowest BCUT2D eigenvalue weighted by atomic mass is 10.1. The van der Waals surface area contributed by atoms with Crippen molar-refractivity contribution in [1.29, 1.82) is 0 Å². The number of benzene rings is 2. The summed E-state index contributed by atoms with van der Waals surface area (Å²) in [7, 11) is 1.57. The number of carboxylic acid groups (broad SMARTS) is 1. The van der Waals surface area contributed by atoms with E-state index in [0.29, 0.717) is 27.7 Å². The average Bonchev–Trinajstić information content (AvgIpc) is 2.72. The standard InChI is InChI=1S/C21H16ClN3O3/c1-23-20(26)15-5-2-13(3-6-15)4-11-17-12-18(21(27)28)25-19(24-17)14-7-9-16(22)10-8-14/h2-12H,1H3,(H,23,26)(H,27,28)/b11-4+. The molecule has 6 nitrogen and oxygen atoms in total. The van der Waals surface area contributed by atoms with Crippen molar-refractivity contribution in [3.63, 3.8) is 0 Å². The third-order valence-corrected chi connectivity index (χ3v) is 4.17. The molecule has 140 valence electrons. The van der Waals surface area contributed by atoms with Crippen molar-refractivity contribution in [3.8, 4) is 11.4 Å². The first-order valence-electron chi connectivity index (χ1n) is 8.35. The van der Waals surface area contributed by atoms with Gasteiger partial charge in [0.2, 0.25) is 0 Å². The van der Waals surface area contributed by atoms with Gasteiger partial charge < -0.3 is 10.4 Å². The minimum Gasteiger partial charge on any atom is -0.477 e. The molecule has 0 atom stereocenters. The molecule has 7 heteroatoms. The molecule has 2 N–H and O–H groups in total. The van der Waals surface area contributed by atoms with Gasteiger partial charge in [-0.15, -0.1) is 0 Å². The number of halogens is 1. The second kappa shape index (κ2) is 8.45. The molecule has 0 aliphatic rings. The molecule has 3 rings (SSSR count). The monoisotopic (exact) mass is 393 g/mol. The van der Waals surface area contributed by atoms with E-state index in [-0.39, 0.29) is 11.6 Å². The zero-order valence-electron chi connectivity index (χ0n) is 14.9. The van der Waals surface area contributed by atoms with Gasteiger partial charge >= 0.3 is 5.97 Å². The molecule has 0 spiro atoms. The SMILES string of the molecule is CNC(=O)c1ccc(/C=C/c2cc(C(=O)O)nc(-c3ccc(Cl)cc3)n2)cc1. The zero-order chi connectivity index (χ0) is 20.1. The number of aromatic nitrogens is 2. The Bertz CT molecular complexity index is 1050. The largest absolute Gasteiger partial charge is 0.477 e. The van der Waals surface area contributed by atoms with Gasteiger partial charge in [0, 0.05) is 23.2 Å². The highest BCUT2D eigenvalue weighted by Crippen LogP contribution is 2.20. The molecule has 0 saturated heterocycles. The molecule has 0 fully saturated rings. The summed E-state index contributed by atoms with van der Waals surface area (Å²) in [6.45, 7) is 0. The highest BCUT2D eigenvalue weighted by Gasteiger charge is 2.11. The number of aromatic carboxylic acids is 1. The fourth-order valence-electron chi connectivity index (χ4n) is 2.46. The Morgan fingerprint density at radius 1 is 1.00 bits per heavy atom. The number of nitrogens with one attached hydrogen (secondary N) is 1. The number of amides is 1. The Hall–Kier alpha value is -3.51. The summed E-state index contributed by atoms with van der Waals surface area (Å²) in [4.78, 5) is 31.5. The Morgan fingerprint density at radius 2 is 1.68 bits per heavy atom. The van der Waals surface area contributed by atoms with E-state index >= 15 is 0 Å². The van der Waals surface area contributed by atoms with Crippen LogP contribution < -0.4 is 5.32 Å². The van der Waals surface area contributed by atoms with Gasteiger partial charge in [0.05, 0.1) is 5.69 Å². The third-order valence-electron chi connectivity index (χ3n) is 3.91. The maximum atomic E-state index is 11.6. The highest BCUT2D eigenvalue weighted by atomic mass is 35.5. The normalized spacial score (nSPS) is 10.8. The number of rotatable bonds is 5. The maximum absolute atomic E-state index is 11.6. The van der Waals surface area contributed by atoms with E-state index in [1.165, 1.54) is 6.07 Å². The number of hydrogen-bond acceptors (Lipinski definition) is 4. The summed E-state index contributed by atoms with van der Waals surface area (Å²) in [5, 5.41) is 12.5. The molecule has 2 aromatic carbocycles. The summed E-state index contributed by atoms with van der Waals surface area (Å²) >= 11 is 5.90. The van der Waals surface area contributed by atoms with E-state index in [0.717, 1.165) is 5.56 Å². The van der Waals surface area contributed by atoms with Crippen LogP contribution in [0.4, 0.5) is 0 Å². The second-order valence-corrected chi connectivity index (χ2v) is 6.28. The van der Waals surface area contributed by atoms with Crippen LogP contribution in [0.2, 0.25) is 5.02 Å². The predicted octanol–water partition coefficient (Wildman–Crippen LogP) is 4.03. The van der Waals surface area contributed by atoms with Gasteiger partial charge in [0.1, 0.15) is 0 Å². The number of nitrogens with zero attached hydrogens (tertiary/aromatic N) is 2. The minimum absolute atomic E-state index is 0.102. The van der Waals surface area contributed by atoms with Crippen LogP contribution >= 0.6 is 11.6 Å². The number of carboxylic acids is 1. The summed E-state index contributed by atoms with van der Waals surface area (Å²) in [6, 6.07) is 15.2. The first kappa shape index (κ1) is 19.3. The van der Waals surface area contributed by atoms with Gasteiger partial charge in [-0.2, -0.15) is 0 Å². The molecule has 0 radical (unpaired) electrons. The van der Waals surface area contributed by atoms with E-state index < -0.39 is 5.97 Å². The van der Waals surface area contributed by atoms with Gasteiger partial charge in [-0.1, -0.05) is 29.8 Å². The maximum Gasteiger partial charge on any atom is 0.354 e. The summed E-state index contributed by atoms with van der Waals surface area (Å²) in [5.41, 5.74) is 2.41. The quantitative estimate of drug-likeness (QED) is 0.682. The molecule has 3 aromatic rings. The lowest BCUT2D eigenvalue weighted by molar-refractivity contribution is 0.0690. The molecule has 0 aliphatic heterocycles. The van der Waals surface area contributed by atoms with Gasteiger partial charge in [-0.25, -0.2) is 14.8 Å². The van der Waals surface area contributed by atoms with Crippen molar-refractivity contribution in [2.24, 2.45) is 0 Å². The lowest BCUT2D eigenvalue weighted by Gasteiger charge is -2.04. The van der Waals surface area contributed by atoms with Crippen LogP contribution in [-0.4, -0.2) is 34.0 Å². The van der Waals surface area contributed by atoms with Crippen molar-refractivity contribution in [1.82, 2.24) is 15.3 Å². The topological polar surface area (TPSA) is 92.2 Å². The van der Waals surface area contributed by atoms with Crippen LogP contribution in [0.15, 0.2) is 54.6 Å². The summed E-state index contributed by atoms with van der Waals surface area (Å²) < 4.78 is 0. The van der Waals surface area contributed by atoms with Gasteiger partial charge in [0.15, 0.2) is 11.5 Å². The van der Waals surface area contributed by atoms with Gasteiger partial charge in [-0.05, 0) is 54.1 Å². The molecule has 1 amide bonds. The Morgan fingerprint density at radius 3 is 2.29 bits per heavy atom. The fraction of sp³-hybridized carbons (Fsp3) is 0.0476. The van der Waals surface area contributed by atoms with E-state index in [4.69, 9.17) is 11.6 Å². The lowest BCUT2D eigenvalue weighted by Crippen LogP contribution is -2.17. The third kappa shape index (κ3) is 4.61. The van der Waals surface area contributed by atoms with Gasteiger partial charge in [-0.3, -0.25) is 4.79 Å². The Balaban J connectivity index is 1.92. The van der Waals surface area contributed by atoms with Crippen molar-refractivity contribution in [2.75, 3.05) is 7.05 Å². The molecular weight excluding hydrogens is 378 g/mol. The van der Waals surface area contributed by atoms with Crippen molar-refractivity contribution in [2.45, 2.75) is 0 Å². The van der Waals surface area contributed by atoms with Gasteiger partial charge in [0.25, 0.3) is 5.91 Å². The molecule has 0 unspecified atom stereocenters. The van der Waals surface area contributed by atoms with E-state index in [9.17, 15) is 14.7 Å². The molecule has 1 aromatic heterocycles. The predicted molar refractivity (Wildman–Crippen MR) is 108 cm³/mol. The molecule has 1 heterocycles. The summed E-state index contributed by atoms with van der Waals surface area (Å²) in [5.74, 6) is -1.00. The van der Waals surface area contributed by atoms with Crippen molar-refractivity contribution >= 4 is 35.6 Å². The first-order chi connectivity index (χ1) is 13.5. The molecular formula is C21H16ClN3O3. The first-order valence-corrected chi connectivity index (χ1v) is 8.72. The molecule has 0 aliphatic carbocycles. The minimum atomic E-state index is -1.14. The smallest absolute Gasteiger partial charge is 0.354 e. The number of hydrogen-bond donors (Lipinski definition) is 2. The molecule has 0 bridgehead atoms. The van der Waals surface area contributed by atoms with Crippen LogP contribution in [0.25, 0.3) is 23.5 Å². The Kier molecular flexibility index (Phi) is 5.81. The zero-order valence-corrected chi connectivity index (χ0v) is 15.6. The molecule has 28 heavy (non-hydrogen) atoms. The second-order valence-electron chi connectivity index (χ2n) is 5.85. The average molecular weight is 394 g/mol. The van der Waals surface area contributed by atoms with E-state index in [1.807, 2.05) is 0 Å². The van der Waals surface area contributed by atoms with E-state index in [1.54, 1.807) is 67.7 Å². The van der Waals surface area contributed by atoms with Crippen LogP contribution in [0, 0.1) is 0 Å². The molecule has 0 saturated carbocycles. The van der Waals surface area contributed by atoms with Crippen LogP contribution in [-0.2, 0) is 0 Å². The Labute approximate surface area is 166 Å². The van der Waals surface area contributed by atoms with Crippen LogP contribution in [0.1, 0.15) is 32.1 Å². The number of carbonyl (C=O) groups excluding carboxylic acids is 1. The van der Waals surface area contributed by atoms with Crippen molar-refractivity contribution in [3.05, 3.63) is 82.1 Å². The summed E-state index contributed by atoms with van der Waals surface area (Å²) in [6.07, 6.45) is 3.48. The van der Waals surface area contributed by atoms with Crippen molar-refractivity contribution < 1.29 is 14.7 Å². The van der Waals surface area contributed by atoms with Crippen LogP contribution in [0.3, 0.4) is 0 Å². The highest BCUT2D eigenvalue weighted by molar-refractivity contribution is 6.30. The van der Waals surface area contributed by atoms with Crippen LogP contribution in [0.5, 0.6) is 0 Å². The number of carbonyl (C=O) groups is 2.